The topological polar surface area (TPSA) is 61.7 Å². The number of nitrogens with zero attached hydrogens (tertiary/aromatic N) is 3. The zero-order valence-corrected chi connectivity index (χ0v) is 18.6. The lowest BCUT2D eigenvalue weighted by atomic mass is 10.0. The lowest BCUT2D eigenvalue weighted by Crippen LogP contribution is -2.46. The quantitative estimate of drug-likeness (QED) is 0.526. The molecule has 2 atom stereocenters. The molecule has 1 amide bonds. The summed E-state index contributed by atoms with van der Waals surface area (Å²) in [6, 6.07) is 4.36. The number of aromatic nitrogens is 2. The zero-order valence-electron chi connectivity index (χ0n) is 18.6. The molecule has 2 aromatic heterocycles. The number of anilines is 1. The second-order valence-corrected chi connectivity index (χ2v) is 9.19. The molecule has 0 bridgehead atoms. The van der Waals surface area contributed by atoms with Crippen LogP contribution in [-0.4, -0.2) is 65.5 Å². The van der Waals surface area contributed by atoms with Gasteiger partial charge in [0.2, 0.25) is 5.91 Å². The van der Waals surface area contributed by atoms with Crippen molar-refractivity contribution in [2.45, 2.75) is 51.0 Å². The van der Waals surface area contributed by atoms with E-state index in [2.05, 4.69) is 27.6 Å². The molecule has 33 heavy (non-hydrogen) atoms. The van der Waals surface area contributed by atoms with Crippen molar-refractivity contribution in [3.05, 3.63) is 29.5 Å². The summed E-state index contributed by atoms with van der Waals surface area (Å²) >= 11 is 0. The molecule has 0 radical (unpaired) electrons. The third-order valence-electron chi connectivity index (χ3n) is 6.31. The lowest BCUT2D eigenvalue weighted by molar-refractivity contribution is -0.127. The van der Waals surface area contributed by atoms with Gasteiger partial charge in [0.15, 0.2) is 0 Å². The first-order valence-electron chi connectivity index (χ1n) is 11.0. The second-order valence-electron chi connectivity index (χ2n) is 9.19. The van der Waals surface area contributed by atoms with Crippen molar-refractivity contribution in [2.24, 2.45) is 5.41 Å². The number of nitrogens with one attached hydrogen (secondary N) is 2. The van der Waals surface area contributed by atoms with Crippen molar-refractivity contribution in [3.8, 4) is 11.8 Å². The highest BCUT2D eigenvalue weighted by Crippen LogP contribution is 2.44. The number of halogens is 4. The van der Waals surface area contributed by atoms with Crippen molar-refractivity contribution in [1.82, 2.24) is 19.8 Å². The molecule has 1 aliphatic carbocycles. The normalized spacial score (nSPS) is 22.5. The Morgan fingerprint density at radius 3 is 2.76 bits per heavy atom. The highest BCUT2D eigenvalue weighted by Gasteiger charge is 2.44. The maximum Gasteiger partial charge on any atom is 0.393 e. The predicted molar refractivity (Wildman–Crippen MR) is 117 cm³/mol. The van der Waals surface area contributed by atoms with E-state index in [0.29, 0.717) is 18.8 Å². The molecule has 178 valence electrons. The molecule has 3 heterocycles. The first kappa shape index (κ1) is 23.4. The van der Waals surface area contributed by atoms with Crippen LogP contribution in [0.3, 0.4) is 0 Å². The van der Waals surface area contributed by atoms with Gasteiger partial charge >= 0.3 is 6.18 Å². The molecule has 2 N–H and O–H groups in total. The lowest BCUT2D eigenvalue weighted by Gasteiger charge is -2.33. The molecule has 1 saturated heterocycles. The molecule has 2 aromatic rings. The Morgan fingerprint density at radius 2 is 2.09 bits per heavy atom. The molecule has 10 heteroatoms. The fraction of sp³-hybridized carbons (Fsp3) is 0.565. The molecule has 2 aliphatic rings. The van der Waals surface area contributed by atoms with Crippen LogP contribution in [0.15, 0.2) is 18.2 Å². The molecular weight excluding hydrogens is 438 g/mol. The number of rotatable bonds is 5. The third-order valence-corrected chi connectivity index (χ3v) is 6.31. The van der Waals surface area contributed by atoms with Crippen molar-refractivity contribution < 1.29 is 22.4 Å². The number of hydrogen-bond acceptors (Lipinski definition) is 4. The number of carbonyl (C=O) groups excluding carboxylic acids is 1. The van der Waals surface area contributed by atoms with Gasteiger partial charge in [0, 0.05) is 24.1 Å². The van der Waals surface area contributed by atoms with Crippen LogP contribution >= 0.6 is 0 Å². The molecule has 0 spiro atoms. The molecule has 4 rings (SSSR count). The van der Waals surface area contributed by atoms with Gasteiger partial charge < -0.3 is 15.5 Å². The summed E-state index contributed by atoms with van der Waals surface area (Å²) in [6.45, 7) is 2.89. The van der Waals surface area contributed by atoms with Gasteiger partial charge in [0.25, 0.3) is 0 Å². The van der Waals surface area contributed by atoms with Crippen LogP contribution < -0.4 is 10.6 Å². The Bertz CT molecular complexity index is 1100. The number of piperidine rings is 1. The molecule has 0 aromatic carbocycles. The molecule has 2 fully saturated rings. The summed E-state index contributed by atoms with van der Waals surface area (Å²) in [5.74, 6) is 5.72. The zero-order chi connectivity index (χ0) is 23.8. The molecule has 1 saturated carbocycles. The van der Waals surface area contributed by atoms with Gasteiger partial charge in [-0.05, 0) is 44.4 Å². The van der Waals surface area contributed by atoms with Crippen molar-refractivity contribution in [2.75, 3.05) is 32.0 Å². The number of alkyl halides is 4. The average molecular weight is 465 g/mol. The Morgan fingerprint density at radius 1 is 1.33 bits per heavy atom. The minimum Gasteiger partial charge on any atom is -0.364 e. The van der Waals surface area contributed by atoms with E-state index in [1.807, 2.05) is 18.9 Å². The van der Waals surface area contributed by atoms with Crippen LogP contribution in [0.5, 0.6) is 0 Å². The average Bonchev–Trinajstić information content (AvgIpc) is 3.40. The van der Waals surface area contributed by atoms with Gasteiger partial charge in [-0.2, -0.15) is 18.3 Å². The van der Waals surface area contributed by atoms with Gasteiger partial charge in [-0.15, -0.1) is 0 Å². The van der Waals surface area contributed by atoms with Crippen LogP contribution in [0.2, 0.25) is 0 Å². The summed E-state index contributed by atoms with van der Waals surface area (Å²) in [4.78, 5) is 13.9. The van der Waals surface area contributed by atoms with Crippen molar-refractivity contribution >= 4 is 17.2 Å². The number of carbonyl (C=O) groups is 1. The van der Waals surface area contributed by atoms with Gasteiger partial charge in [-0.1, -0.05) is 18.9 Å². The molecule has 1 aliphatic heterocycles. The Labute approximate surface area is 189 Å². The summed E-state index contributed by atoms with van der Waals surface area (Å²) in [6.07, 6.45) is -4.54. The largest absolute Gasteiger partial charge is 0.393 e. The monoisotopic (exact) mass is 465 g/mol. The highest BCUT2D eigenvalue weighted by atomic mass is 19.4. The number of hydrogen-bond donors (Lipinski definition) is 2. The van der Waals surface area contributed by atoms with E-state index in [-0.39, 0.29) is 41.2 Å². The third kappa shape index (κ3) is 5.41. The van der Waals surface area contributed by atoms with Crippen LogP contribution in [0.4, 0.5) is 23.4 Å². The Balaban J connectivity index is 1.60. The smallest absolute Gasteiger partial charge is 0.364 e. The van der Waals surface area contributed by atoms with E-state index in [0.717, 1.165) is 12.8 Å². The summed E-state index contributed by atoms with van der Waals surface area (Å²) in [5.41, 5.74) is -0.137. The predicted octanol–water partition coefficient (Wildman–Crippen LogP) is 3.16. The summed E-state index contributed by atoms with van der Waals surface area (Å²) in [5, 5.41) is 10.1. The van der Waals surface area contributed by atoms with E-state index < -0.39 is 24.8 Å². The fourth-order valence-corrected chi connectivity index (χ4v) is 3.99. The second kappa shape index (κ2) is 8.86. The van der Waals surface area contributed by atoms with E-state index in [1.54, 1.807) is 18.2 Å². The molecule has 6 nitrogen and oxygen atoms in total. The van der Waals surface area contributed by atoms with Crippen molar-refractivity contribution in [1.29, 1.82) is 0 Å². The van der Waals surface area contributed by atoms with Gasteiger partial charge in [-0.3, -0.25) is 4.79 Å². The summed E-state index contributed by atoms with van der Waals surface area (Å²) in [7, 11) is 1.85. The van der Waals surface area contributed by atoms with Crippen LogP contribution in [-0.2, 0) is 11.2 Å². The standard InChI is InChI=1S/C23H27F4N5O/c1-22(9-10-22)21(33)28-11-4-5-17-15(13-23(25,26)27)19-6-3-7-20(32(19)30-17)29-18-8-12-31(2)14-16(18)24/h3,6-7,16,18,29H,8-14H2,1-2H3,(H,28,33)/t16-,18+/m0/s1. The number of amides is 1. The number of pyridine rings is 1. The first-order chi connectivity index (χ1) is 15.6. The Hall–Kier alpha value is -2.80. The first-order valence-corrected chi connectivity index (χ1v) is 11.0. The van der Waals surface area contributed by atoms with Crippen LogP contribution in [0, 0.1) is 17.3 Å². The van der Waals surface area contributed by atoms with E-state index >= 15 is 0 Å². The van der Waals surface area contributed by atoms with E-state index in [4.69, 9.17) is 0 Å². The maximum absolute atomic E-state index is 14.5. The Kier molecular flexibility index (Phi) is 6.27. The number of fused-ring (bicyclic) bond motifs is 1. The minimum absolute atomic E-state index is 0.00589. The molecule has 0 unspecified atom stereocenters. The SMILES string of the molecule is CN1CC[C@@H](Nc2cccc3c(CC(F)(F)F)c(C#CCNC(=O)C4(C)CC4)nn23)[C@@H](F)C1. The van der Waals surface area contributed by atoms with Crippen molar-refractivity contribution in [3.63, 3.8) is 0 Å². The summed E-state index contributed by atoms with van der Waals surface area (Å²) < 4.78 is 55.8. The van der Waals surface area contributed by atoms with Crippen LogP contribution in [0.1, 0.15) is 37.4 Å². The highest BCUT2D eigenvalue weighted by molar-refractivity contribution is 5.84. The van der Waals surface area contributed by atoms with Gasteiger partial charge in [-0.25, -0.2) is 8.91 Å². The fourth-order valence-electron chi connectivity index (χ4n) is 3.99. The maximum atomic E-state index is 14.5. The van der Waals surface area contributed by atoms with E-state index in [1.165, 1.54) is 4.52 Å². The minimum atomic E-state index is -4.45. The van der Waals surface area contributed by atoms with Gasteiger partial charge in [0.1, 0.15) is 17.7 Å². The molecular formula is C23H27F4N5O. The van der Waals surface area contributed by atoms with Gasteiger partial charge in [0.05, 0.1) is 24.5 Å². The van der Waals surface area contributed by atoms with Crippen LogP contribution in [0.25, 0.3) is 5.52 Å². The van der Waals surface area contributed by atoms with E-state index in [9.17, 15) is 22.4 Å². The number of likely N-dealkylation sites (tertiary alicyclic amines) is 1.